The highest BCUT2D eigenvalue weighted by molar-refractivity contribution is 5.71. The third-order valence-electron chi connectivity index (χ3n) is 11.4. The van der Waals surface area contributed by atoms with Gasteiger partial charge in [0.15, 0.2) is 6.10 Å². The number of hydrogen-bond acceptors (Lipinski definition) is 6. The van der Waals surface area contributed by atoms with Gasteiger partial charge in [0.25, 0.3) is 0 Å². The summed E-state index contributed by atoms with van der Waals surface area (Å²) in [4.78, 5) is 38.2. The van der Waals surface area contributed by atoms with Gasteiger partial charge in [0.2, 0.25) is 0 Å². The van der Waals surface area contributed by atoms with Crippen LogP contribution in [0.2, 0.25) is 0 Å². The van der Waals surface area contributed by atoms with E-state index in [0.717, 1.165) is 148 Å². The molecule has 0 fully saturated rings. The van der Waals surface area contributed by atoms with E-state index in [1.165, 1.54) is 25.7 Å². The molecule has 0 aliphatic carbocycles. The minimum atomic E-state index is -0.827. The average Bonchev–Trinajstić information content (AvgIpc) is 3.39. The third kappa shape index (κ3) is 57.5. The first-order valence-electron chi connectivity index (χ1n) is 28.8. The fraction of sp³-hybridized carbons (Fsp3) is 0.537. The molecule has 0 amide bonds. The van der Waals surface area contributed by atoms with E-state index >= 15 is 0 Å². The summed E-state index contributed by atoms with van der Waals surface area (Å²) in [7, 11) is 0. The molecule has 0 N–H and O–H groups in total. The van der Waals surface area contributed by atoms with Crippen molar-refractivity contribution in [3.8, 4) is 0 Å². The number of ether oxygens (including phenoxy) is 3. The molecule has 0 heterocycles. The van der Waals surface area contributed by atoms with Crippen LogP contribution < -0.4 is 0 Å². The van der Waals surface area contributed by atoms with Gasteiger partial charge in [0.05, 0.1) is 0 Å². The Labute approximate surface area is 447 Å². The average molecular weight is 1000 g/mol. The zero-order chi connectivity index (χ0) is 52.9. The Kier molecular flexibility index (Phi) is 55.1. The van der Waals surface area contributed by atoms with Crippen molar-refractivity contribution in [3.05, 3.63) is 170 Å². The Morgan fingerprint density at radius 2 is 0.616 bits per heavy atom. The molecule has 0 rings (SSSR count). The van der Waals surface area contributed by atoms with Crippen molar-refractivity contribution in [2.24, 2.45) is 0 Å². The molecule has 0 aromatic carbocycles. The molecule has 6 nitrogen and oxygen atoms in total. The lowest BCUT2D eigenvalue weighted by Crippen LogP contribution is -2.30. The lowest BCUT2D eigenvalue weighted by Gasteiger charge is -2.18. The van der Waals surface area contributed by atoms with Crippen molar-refractivity contribution in [2.75, 3.05) is 13.2 Å². The topological polar surface area (TPSA) is 78.9 Å². The summed E-state index contributed by atoms with van der Waals surface area (Å²) in [5.74, 6) is -1.01. The molecule has 0 aliphatic heterocycles. The van der Waals surface area contributed by atoms with Gasteiger partial charge < -0.3 is 14.2 Å². The van der Waals surface area contributed by atoms with Gasteiger partial charge in [-0.25, -0.2) is 0 Å². The van der Waals surface area contributed by atoms with Crippen molar-refractivity contribution < 1.29 is 28.6 Å². The van der Waals surface area contributed by atoms with Gasteiger partial charge in [0.1, 0.15) is 13.2 Å². The van der Waals surface area contributed by atoms with E-state index in [1.807, 2.05) is 36.5 Å². The molecular weight excluding hydrogens is 901 g/mol. The molecule has 0 radical (unpaired) electrons. The summed E-state index contributed by atoms with van der Waals surface area (Å²) >= 11 is 0. The third-order valence-corrected chi connectivity index (χ3v) is 11.4. The summed E-state index contributed by atoms with van der Waals surface area (Å²) < 4.78 is 16.8. The molecular formula is C67H102O6. The summed E-state index contributed by atoms with van der Waals surface area (Å²) in [6, 6.07) is 0. The number of carbonyl (C=O) groups excluding carboxylic acids is 3. The normalized spacial score (nSPS) is 13.4. The number of rotatable bonds is 49. The molecule has 406 valence electrons. The number of esters is 3. The Morgan fingerprint density at radius 1 is 0.301 bits per heavy atom. The Morgan fingerprint density at radius 3 is 1.03 bits per heavy atom. The van der Waals surface area contributed by atoms with Crippen molar-refractivity contribution in [2.45, 2.75) is 219 Å². The minimum absolute atomic E-state index is 0.121. The first kappa shape index (κ1) is 67.8. The molecule has 73 heavy (non-hydrogen) atoms. The van der Waals surface area contributed by atoms with Crippen LogP contribution in [0.5, 0.6) is 0 Å². The SMILES string of the molecule is CC/C=C\C/C=C\C/C=C\C/C=C\C/C=C\CCCCCC(=O)OCC(COC(=O)CCCCCCC\C=C/C=C\C=C/C=C\CCCCC)OC(=O)CCCCCCC\C=C/C=C\C=C/C=C\C=C/CCC. The molecule has 1 unspecified atom stereocenters. The van der Waals surface area contributed by atoms with E-state index in [0.29, 0.717) is 12.8 Å². The zero-order valence-corrected chi connectivity index (χ0v) is 46.3. The Hall–Kier alpha value is -5.23. The van der Waals surface area contributed by atoms with E-state index in [2.05, 4.69) is 154 Å². The minimum Gasteiger partial charge on any atom is -0.462 e. The lowest BCUT2D eigenvalue weighted by molar-refractivity contribution is -0.167. The lowest BCUT2D eigenvalue weighted by atomic mass is 10.1. The van der Waals surface area contributed by atoms with Gasteiger partial charge in [-0.15, -0.1) is 0 Å². The van der Waals surface area contributed by atoms with Crippen LogP contribution in [0.15, 0.2) is 170 Å². The standard InChI is InChI=1S/C67H102O6/c1-4-7-10-13-16-19-22-25-28-31-34-37-39-42-45-48-51-54-57-60-66(69)72-63-64(73-67(70)61-58-55-52-49-46-43-40-36-33-30-27-24-21-18-15-12-9-6-3)62-71-65(68)59-56-53-50-47-44-41-38-35-32-29-26-23-20-17-14-11-8-5-2/h7,10,12,15-21,23-30,32-38,40,42,45,64H,4-6,8-9,11,13-14,22,31,39,41,43-44,46-63H2,1-3H3/b10-7-,15-12-,19-16-,20-17-,21-18-,26-23-,27-24-,28-25-,32-29-,33-30-,37-34-,38-35-,40-36-,45-42-. The molecule has 0 saturated carbocycles. The summed E-state index contributed by atoms with van der Waals surface area (Å²) in [6.07, 6.45) is 87.5. The smallest absolute Gasteiger partial charge is 0.306 e. The molecule has 0 saturated heterocycles. The predicted octanol–water partition coefficient (Wildman–Crippen LogP) is 19.5. The van der Waals surface area contributed by atoms with E-state index in [-0.39, 0.29) is 37.5 Å². The first-order valence-corrected chi connectivity index (χ1v) is 28.8. The maximum atomic E-state index is 12.9. The van der Waals surface area contributed by atoms with Crippen molar-refractivity contribution >= 4 is 17.9 Å². The second-order valence-corrected chi connectivity index (χ2v) is 18.3. The molecule has 6 heteroatoms. The predicted molar refractivity (Wildman–Crippen MR) is 315 cm³/mol. The molecule has 0 bridgehead atoms. The zero-order valence-electron chi connectivity index (χ0n) is 46.3. The number of allylic oxidation sites excluding steroid dienone is 28. The molecule has 1 atom stereocenters. The second-order valence-electron chi connectivity index (χ2n) is 18.3. The van der Waals surface area contributed by atoms with Gasteiger partial charge >= 0.3 is 17.9 Å². The first-order chi connectivity index (χ1) is 36.0. The molecule has 0 aromatic heterocycles. The van der Waals surface area contributed by atoms with Crippen LogP contribution in [-0.4, -0.2) is 37.2 Å². The van der Waals surface area contributed by atoms with Crippen LogP contribution in [0.1, 0.15) is 213 Å². The maximum Gasteiger partial charge on any atom is 0.306 e. The Bertz CT molecular complexity index is 1720. The summed E-state index contributed by atoms with van der Waals surface area (Å²) in [6.45, 7) is 6.31. The van der Waals surface area contributed by atoms with Crippen molar-refractivity contribution in [1.29, 1.82) is 0 Å². The number of hydrogen-bond donors (Lipinski definition) is 0. The summed E-state index contributed by atoms with van der Waals surface area (Å²) in [5, 5.41) is 0. The monoisotopic (exact) mass is 1000 g/mol. The quantitative estimate of drug-likeness (QED) is 0.0199. The molecule has 0 aromatic rings. The van der Waals surface area contributed by atoms with Crippen LogP contribution >= 0.6 is 0 Å². The largest absolute Gasteiger partial charge is 0.462 e. The highest BCUT2D eigenvalue weighted by Crippen LogP contribution is 2.13. The second kappa shape index (κ2) is 59.3. The molecule has 0 spiro atoms. The van der Waals surface area contributed by atoms with E-state index < -0.39 is 6.10 Å². The number of carbonyl (C=O) groups is 3. The maximum absolute atomic E-state index is 12.9. The van der Waals surface area contributed by atoms with E-state index in [1.54, 1.807) is 0 Å². The van der Waals surface area contributed by atoms with E-state index in [4.69, 9.17) is 14.2 Å². The van der Waals surface area contributed by atoms with Crippen molar-refractivity contribution in [1.82, 2.24) is 0 Å². The summed E-state index contributed by atoms with van der Waals surface area (Å²) in [5.41, 5.74) is 0. The van der Waals surface area contributed by atoms with Gasteiger partial charge in [-0.2, -0.15) is 0 Å². The molecule has 0 aliphatic rings. The van der Waals surface area contributed by atoms with Crippen LogP contribution in [-0.2, 0) is 28.6 Å². The number of unbranched alkanes of at least 4 members (excludes halogenated alkanes) is 17. The van der Waals surface area contributed by atoms with Crippen LogP contribution in [0, 0.1) is 0 Å². The fourth-order valence-corrected chi connectivity index (χ4v) is 7.10. The fourth-order valence-electron chi connectivity index (χ4n) is 7.10. The van der Waals surface area contributed by atoms with Crippen molar-refractivity contribution in [3.63, 3.8) is 0 Å². The Balaban J connectivity index is 4.61. The van der Waals surface area contributed by atoms with Gasteiger partial charge in [0, 0.05) is 19.3 Å². The van der Waals surface area contributed by atoms with Gasteiger partial charge in [-0.05, 0) is 109 Å². The van der Waals surface area contributed by atoms with Crippen LogP contribution in [0.3, 0.4) is 0 Å². The van der Waals surface area contributed by atoms with Gasteiger partial charge in [-0.1, -0.05) is 255 Å². The van der Waals surface area contributed by atoms with Crippen LogP contribution in [0.4, 0.5) is 0 Å². The van der Waals surface area contributed by atoms with Gasteiger partial charge in [-0.3, -0.25) is 14.4 Å². The highest BCUT2D eigenvalue weighted by Gasteiger charge is 2.19. The van der Waals surface area contributed by atoms with E-state index in [9.17, 15) is 14.4 Å². The van der Waals surface area contributed by atoms with Crippen LogP contribution in [0.25, 0.3) is 0 Å². The highest BCUT2D eigenvalue weighted by atomic mass is 16.6.